The summed E-state index contributed by atoms with van der Waals surface area (Å²) < 4.78 is 10.2. The highest BCUT2D eigenvalue weighted by Crippen LogP contribution is 2.30. The topological polar surface area (TPSA) is 114 Å². The number of H-pyrrole nitrogens is 1. The Labute approximate surface area is 121 Å². The number of carbonyl (C=O) groups is 2. The van der Waals surface area contributed by atoms with Gasteiger partial charge in [0.15, 0.2) is 0 Å². The second kappa shape index (κ2) is 6.40. The third kappa shape index (κ3) is 3.40. The molecule has 1 aliphatic heterocycles. The Morgan fingerprint density at radius 3 is 2.86 bits per heavy atom. The van der Waals surface area contributed by atoms with Crippen LogP contribution in [0.4, 0.5) is 4.79 Å². The second-order valence-electron chi connectivity index (χ2n) is 4.66. The van der Waals surface area contributed by atoms with Crippen molar-refractivity contribution in [3.05, 3.63) is 30.4 Å². The first-order valence-electron chi connectivity index (χ1n) is 6.50. The van der Waals surface area contributed by atoms with Crippen molar-refractivity contribution >= 4 is 12.1 Å². The summed E-state index contributed by atoms with van der Waals surface area (Å²) in [5.41, 5.74) is -0.846. The van der Waals surface area contributed by atoms with Crippen LogP contribution in [-0.4, -0.2) is 47.0 Å². The summed E-state index contributed by atoms with van der Waals surface area (Å²) in [6, 6.07) is 0. The fraction of sp³-hybridized carbons (Fsp3) is 0.462. The number of carboxylic acids is 1. The highest BCUT2D eigenvalue weighted by atomic mass is 16.5. The predicted octanol–water partition coefficient (Wildman–Crippen LogP) is 1.03. The molecule has 114 valence electrons. The molecule has 2 heterocycles. The van der Waals surface area contributed by atoms with Crippen LogP contribution in [0.15, 0.2) is 18.9 Å². The minimum absolute atomic E-state index is 0.0304. The standard InChI is InChI=1S/C13H17N3O5/c1-2-5-21-12(19)16-13(3-6-20-7-4-13)11-14-8-9(15-11)10(17)18/h2,8H,1,3-7H2,(H,14,15)(H,16,19)(H,17,18). The molecule has 0 bridgehead atoms. The average molecular weight is 295 g/mol. The van der Waals surface area contributed by atoms with Crippen molar-refractivity contribution in [1.82, 2.24) is 15.3 Å². The lowest BCUT2D eigenvalue weighted by molar-refractivity contribution is 0.0316. The first-order chi connectivity index (χ1) is 10.1. The van der Waals surface area contributed by atoms with E-state index in [4.69, 9.17) is 14.6 Å². The Bertz CT molecular complexity index is 534. The van der Waals surface area contributed by atoms with Gasteiger partial charge in [-0.1, -0.05) is 12.7 Å². The van der Waals surface area contributed by atoms with E-state index in [1.54, 1.807) is 0 Å². The molecule has 1 amide bonds. The van der Waals surface area contributed by atoms with E-state index in [1.165, 1.54) is 12.3 Å². The number of alkyl carbamates (subject to hydrolysis) is 1. The number of hydrogen-bond donors (Lipinski definition) is 3. The average Bonchev–Trinajstić information content (AvgIpc) is 2.97. The minimum atomic E-state index is -1.11. The molecule has 0 atom stereocenters. The first kappa shape index (κ1) is 15.0. The number of aromatic carboxylic acids is 1. The van der Waals surface area contributed by atoms with Crippen molar-refractivity contribution in [3.8, 4) is 0 Å². The molecule has 0 saturated carbocycles. The molecule has 8 heteroatoms. The Kier molecular flexibility index (Phi) is 4.59. The summed E-state index contributed by atoms with van der Waals surface area (Å²) in [4.78, 5) is 29.6. The smallest absolute Gasteiger partial charge is 0.408 e. The van der Waals surface area contributed by atoms with Crippen LogP contribution in [0.5, 0.6) is 0 Å². The molecule has 1 aliphatic rings. The van der Waals surface area contributed by atoms with E-state index in [0.717, 1.165) is 0 Å². The Hall–Kier alpha value is -2.35. The molecule has 0 aliphatic carbocycles. The highest BCUT2D eigenvalue weighted by molar-refractivity contribution is 5.85. The van der Waals surface area contributed by atoms with Gasteiger partial charge in [-0.25, -0.2) is 14.6 Å². The van der Waals surface area contributed by atoms with Crippen molar-refractivity contribution in [3.63, 3.8) is 0 Å². The molecule has 1 aromatic heterocycles. The van der Waals surface area contributed by atoms with Gasteiger partial charge in [-0.05, 0) is 0 Å². The lowest BCUT2D eigenvalue weighted by Crippen LogP contribution is -2.50. The zero-order valence-electron chi connectivity index (χ0n) is 11.4. The Morgan fingerprint density at radius 2 is 2.29 bits per heavy atom. The molecule has 8 nitrogen and oxygen atoms in total. The fourth-order valence-electron chi connectivity index (χ4n) is 2.18. The molecule has 1 fully saturated rings. The normalized spacial score (nSPS) is 17.0. The van der Waals surface area contributed by atoms with Crippen molar-refractivity contribution < 1.29 is 24.2 Å². The first-order valence-corrected chi connectivity index (χ1v) is 6.50. The Morgan fingerprint density at radius 1 is 1.57 bits per heavy atom. The van der Waals surface area contributed by atoms with E-state index in [1.807, 2.05) is 0 Å². The molecule has 0 unspecified atom stereocenters. The molecule has 2 rings (SSSR count). The molecule has 0 radical (unpaired) electrons. The van der Waals surface area contributed by atoms with Gasteiger partial charge in [0, 0.05) is 26.1 Å². The summed E-state index contributed by atoms with van der Waals surface area (Å²) in [5.74, 6) is -0.719. The maximum Gasteiger partial charge on any atom is 0.408 e. The van der Waals surface area contributed by atoms with E-state index in [2.05, 4.69) is 21.9 Å². The van der Waals surface area contributed by atoms with E-state index >= 15 is 0 Å². The van der Waals surface area contributed by atoms with Gasteiger partial charge >= 0.3 is 12.1 Å². The van der Waals surface area contributed by atoms with Gasteiger partial charge in [-0.3, -0.25) is 0 Å². The largest absolute Gasteiger partial charge is 0.477 e. The van der Waals surface area contributed by atoms with E-state index in [9.17, 15) is 9.59 Å². The molecule has 21 heavy (non-hydrogen) atoms. The molecule has 3 N–H and O–H groups in total. The van der Waals surface area contributed by atoms with Crippen LogP contribution in [-0.2, 0) is 15.0 Å². The minimum Gasteiger partial charge on any atom is -0.477 e. The molecule has 1 saturated heterocycles. The van der Waals surface area contributed by atoms with Gasteiger partial charge in [-0.2, -0.15) is 0 Å². The van der Waals surface area contributed by atoms with Gasteiger partial charge < -0.3 is 24.9 Å². The van der Waals surface area contributed by atoms with Crippen LogP contribution in [0.2, 0.25) is 0 Å². The van der Waals surface area contributed by atoms with Gasteiger partial charge in [0.05, 0.1) is 6.20 Å². The number of amides is 1. The summed E-state index contributed by atoms with van der Waals surface area (Å²) in [5, 5.41) is 11.7. The molecule has 1 aromatic rings. The maximum absolute atomic E-state index is 11.8. The Balaban J connectivity index is 2.21. The SMILES string of the molecule is C=CCOC(=O)NC1(c2ncc(C(=O)O)[nH]2)CCOCC1. The zero-order chi connectivity index (χ0) is 15.3. The molecular formula is C13H17N3O5. The number of aromatic amines is 1. The van der Waals surface area contributed by atoms with Crippen molar-refractivity contribution in [2.24, 2.45) is 0 Å². The van der Waals surface area contributed by atoms with Crippen LogP contribution in [0.1, 0.15) is 29.2 Å². The van der Waals surface area contributed by atoms with E-state index < -0.39 is 17.6 Å². The molecular weight excluding hydrogens is 278 g/mol. The zero-order valence-corrected chi connectivity index (χ0v) is 11.4. The number of nitrogens with one attached hydrogen (secondary N) is 2. The third-order valence-electron chi connectivity index (χ3n) is 3.28. The van der Waals surface area contributed by atoms with Crippen LogP contribution in [0, 0.1) is 0 Å². The van der Waals surface area contributed by atoms with Crippen molar-refractivity contribution in [2.45, 2.75) is 18.4 Å². The second-order valence-corrected chi connectivity index (χ2v) is 4.66. The predicted molar refractivity (Wildman–Crippen MR) is 72.0 cm³/mol. The van der Waals surface area contributed by atoms with Crippen LogP contribution in [0.3, 0.4) is 0 Å². The number of carbonyl (C=O) groups excluding carboxylic acids is 1. The van der Waals surface area contributed by atoms with Gasteiger partial charge in [0.1, 0.15) is 23.7 Å². The lowest BCUT2D eigenvalue weighted by Gasteiger charge is -2.35. The number of rotatable bonds is 5. The third-order valence-corrected chi connectivity index (χ3v) is 3.28. The lowest BCUT2D eigenvalue weighted by atomic mass is 9.89. The van der Waals surface area contributed by atoms with Gasteiger partial charge in [0.25, 0.3) is 0 Å². The summed E-state index contributed by atoms with van der Waals surface area (Å²) in [6.45, 7) is 4.43. The van der Waals surface area contributed by atoms with E-state index in [-0.39, 0.29) is 12.3 Å². The van der Waals surface area contributed by atoms with Crippen LogP contribution in [0.25, 0.3) is 0 Å². The van der Waals surface area contributed by atoms with E-state index in [0.29, 0.717) is 31.9 Å². The number of ether oxygens (including phenoxy) is 2. The van der Waals surface area contributed by atoms with Crippen LogP contribution < -0.4 is 5.32 Å². The number of aromatic nitrogens is 2. The molecule has 0 spiro atoms. The maximum atomic E-state index is 11.8. The highest BCUT2D eigenvalue weighted by Gasteiger charge is 2.39. The number of hydrogen-bond acceptors (Lipinski definition) is 5. The quantitative estimate of drug-likeness (QED) is 0.699. The molecule has 0 aromatic carbocycles. The number of nitrogens with zero attached hydrogens (tertiary/aromatic N) is 1. The van der Waals surface area contributed by atoms with Crippen molar-refractivity contribution in [2.75, 3.05) is 19.8 Å². The number of imidazole rings is 1. The van der Waals surface area contributed by atoms with Gasteiger partial charge in [-0.15, -0.1) is 0 Å². The monoisotopic (exact) mass is 295 g/mol. The van der Waals surface area contributed by atoms with Gasteiger partial charge in [0.2, 0.25) is 0 Å². The van der Waals surface area contributed by atoms with Crippen LogP contribution >= 0.6 is 0 Å². The van der Waals surface area contributed by atoms with Crippen molar-refractivity contribution in [1.29, 1.82) is 0 Å². The summed E-state index contributed by atoms with van der Waals surface area (Å²) >= 11 is 0. The fourth-order valence-corrected chi connectivity index (χ4v) is 2.18. The summed E-state index contributed by atoms with van der Waals surface area (Å²) in [6.07, 6.45) is 3.04. The summed E-state index contributed by atoms with van der Waals surface area (Å²) in [7, 11) is 0. The number of carboxylic acid groups (broad SMARTS) is 1.